The second-order valence-electron chi connectivity index (χ2n) is 7.29. The number of aromatic nitrogens is 3. The Kier molecular flexibility index (Phi) is 6.13. The lowest BCUT2D eigenvalue weighted by atomic mass is 10.2. The van der Waals surface area contributed by atoms with Crippen molar-refractivity contribution >= 4 is 35.0 Å². The van der Waals surface area contributed by atoms with Gasteiger partial charge >= 0.3 is 0 Å². The van der Waals surface area contributed by atoms with E-state index in [-0.39, 0.29) is 17.6 Å². The van der Waals surface area contributed by atoms with Crippen molar-refractivity contribution in [2.75, 3.05) is 16.4 Å². The van der Waals surface area contributed by atoms with Gasteiger partial charge in [0.1, 0.15) is 5.82 Å². The van der Waals surface area contributed by atoms with Crippen LogP contribution < -0.4 is 10.6 Å². The summed E-state index contributed by atoms with van der Waals surface area (Å²) in [5.41, 5.74) is 2.46. The highest BCUT2D eigenvalue weighted by molar-refractivity contribution is 7.99. The predicted molar refractivity (Wildman–Crippen MR) is 118 cm³/mol. The van der Waals surface area contributed by atoms with Gasteiger partial charge in [-0.3, -0.25) is 9.59 Å². The molecule has 30 heavy (non-hydrogen) atoms. The van der Waals surface area contributed by atoms with Crippen LogP contribution in [0.1, 0.15) is 37.1 Å². The highest BCUT2D eigenvalue weighted by Crippen LogP contribution is 2.40. The molecule has 1 saturated carbocycles. The lowest BCUT2D eigenvalue weighted by Crippen LogP contribution is -2.15. The second-order valence-corrected chi connectivity index (χ2v) is 8.23. The molecule has 4 rings (SSSR count). The molecule has 0 unspecified atom stereocenters. The van der Waals surface area contributed by atoms with E-state index in [1.165, 1.54) is 24.2 Å². The molecule has 0 radical (unpaired) electrons. The fourth-order valence-corrected chi connectivity index (χ4v) is 3.91. The SMILES string of the molecule is CC(=O)Nc1cccc(NC(=O)CSc2nnc(C3CC3)n2Cc2ccccc2)c1. The Bertz CT molecular complexity index is 1050. The molecule has 0 bridgehead atoms. The van der Waals surface area contributed by atoms with Gasteiger partial charge in [-0.2, -0.15) is 0 Å². The molecule has 2 aromatic carbocycles. The van der Waals surface area contributed by atoms with E-state index >= 15 is 0 Å². The first kappa shape index (κ1) is 20.2. The molecule has 0 aliphatic heterocycles. The number of nitrogens with zero attached hydrogens (tertiary/aromatic N) is 3. The van der Waals surface area contributed by atoms with E-state index in [1.54, 1.807) is 24.3 Å². The summed E-state index contributed by atoms with van der Waals surface area (Å²) < 4.78 is 2.13. The Morgan fingerprint density at radius 1 is 1.03 bits per heavy atom. The van der Waals surface area contributed by atoms with Crippen LogP contribution in [0.4, 0.5) is 11.4 Å². The number of benzene rings is 2. The van der Waals surface area contributed by atoms with Crippen molar-refractivity contribution in [1.82, 2.24) is 14.8 Å². The maximum absolute atomic E-state index is 12.5. The molecule has 3 aromatic rings. The van der Waals surface area contributed by atoms with Crippen LogP contribution in [0.3, 0.4) is 0 Å². The third kappa shape index (κ3) is 5.27. The lowest BCUT2D eigenvalue weighted by Gasteiger charge is -2.10. The van der Waals surface area contributed by atoms with E-state index in [1.807, 2.05) is 18.2 Å². The number of thioether (sulfide) groups is 1. The third-order valence-electron chi connectivity index (χ3n) is 4.67. The molecule has 0 spiro atoms. The van der Waals surface area contributed by atoms with E-state index in [0.717, 1.165) is 23.8 Å². The van der Waals surface area contributed by atoms with E-state index in [4.69, 9.17) is 0 Å². The van der Waals surface area contributed by atoms with Crippen LogP contribution in [-0.4, -0.2) is 32.3 Å². The van der Waals surface area contributed by atoms with Gasteiger partial charge in [0.05, 0.1) is 12.3 Å². The normalized spacial score (nSPS) is 13.1. The Balaban J connectivity index is 1.41. The molecule has 0 saturated heterocycles. The zero-order valence-corrected chi connectivity index (χ0v) is 17.5. The Morgan fingerprint density at radius 2 is 1.77 bits per heavy atom. The van der Waals surface area contributed by atoms with E-state index in [2.05, 4.69) is 37.5 Å². The first-order valence-corrected chi connectivity index (χ1v) is 10.8. The summed E-state index contributed by atoms with van der Waals surface area (Å²) in [5.74, 6) is 1.41. The number of hydrogen-bond acceptors (Lipinski definition) is 5. The molecular weight excluding hydrogens is 398 g/mol. The van der Waals surface area contributed by atoms with Gasteiger partial charge in [0.2, 0.25) is 11.8 Å². The molecular formula is C22H23N5O2S. The first-order chi connectivity index (χ1) is 14.6. The number of anilines is 2. The Morgan fingerprint density at radius 3 is 2.47 bits per heavy atom. The van der Waals surface area contributed by atoms with E-state index in [0.29, 0.717) is 23.8 Å². The molecule has 0 atom stereocenters. The summed E-state index contributed by atoms with van der Waals surface area (Å²) in [6, 6.07) is 17.3. The monoisotopic (exact) mass is 421 g/mol. The largest absolute Gasteiger partial charge is 0.326 e. The molecule has 2 N–H and O–H groups in total. The minimum atomic E-state index is -0.154. The minimum absolute atomic E-state index is 0.137. The smallest absolute Gasteiger partial charge is 0.234 e. The van der Waals surface area contributed by atoms with Crippen molar-refractivity contribution in [3.05, 3.63) is 66.0 Å². The highest BCUT2D eigenvalue weighted by atomic mass is 32.2. The summed E-state index contributed by atoms with van der Waals surface area (Å²) in [6.07, 6.45) is 2.28. The maximum Gasteiger partial charge on any atom is 0.234 e. The average molecular weight is 422 g/mol. The summed E-state index contributed by atoms with van der Waals surface area (Å²) in [4.78, 5) is 23.7. The standard InChI is InChI=1S/C22H23N5O2S/c1-15(28)23-18-8-5-9-19(12-18)24-20(29)14-30-22-26-25-21(17-10-11-17)27(22)13-16-6-3-2-4-7-16/h2-9,12,17H,10-11,13-14H2,1H3,(H,23,28)(H,24,29). The Labute approximate surface area is 179 Å². The molecule has 1 fully saturated rings. The van der Waals surface area contributed by atoms with Gasteiger partial charge < -0.3 is 15.2 Å². The van der Waals surface area contributed by atoms with E-state index < -0.39 is 0 Å². The molecule has 7 nitrogen and oxygen atoms in total. The number of nitrogens with one attached hydrogen (secondary N) is 2. The highest BCUT2D eigenvalue weighted by Gasteiger charge is 2.30. The zero-order valence-electron chi connectivity index (χ0n) is 16.7. The van der Waals surface area contributed by atoms with Gasteiger partial charge in [0, 0.05) is 24.2 Å². The number of hydrogen-bond donors (Lipinski definition) is 2. The van der Waals surface area contributed by atoms with Crippen LogP contribution >= 0.6 is 11.8 Å². The molecule has 1 heterocycles. The Hall–Kier alpha value is -3.13. The van der Waals surface area contributed by atoms with Crippen molar-refractivity contribution < 1.29 is 9.59 Å². The van der Waals surface area contributed by atoms with Crippen molar-refractivity contribution in [2.45, 2.75) is 37.4 Å². The van der Waals surface area contributed by atoms with Crippen LogP contribution in [0.2, 0.25) is 0 Å². The fraction of sp³-hybridized carbons (Fsp3) is 0.273. The molecule has 1 aliphatic rings. The fourth-order valence-electron chi connectivity index (χ4n) is 3.17. The van der Waals surface area contributed by atoms with Crippen molar-refractivity contribution in [3.63, 3.8) is 0 Å². The van der Waals surface area contributed by atoms with Gasteiger partial charge in [-0.25, -0.2) is 0 Å². The summed E-state index contributed by atoms with van der Waals surface area (Å²) in [7, 11) is 0. The number of carbonyl (C=O) groups excluding carboxylic acids is 2. The van der Waals surface area contributed by atoms with Crippen molar-refractivity contribution in [3.8, 4) is 0 Å². The number of amides is 2. The van der Waals surface area contributed by atoms with Gasteiger partial charge in [0.25, 0.3) is 0 Å². The minimum Gasteiger partial charge on any atom is -0.326 e. The number of rotatable bonds is 8. The van der Waals surface area contributed by atoms with Gasteiger partial charge in [-0.05, 0) is 36.6 Å². The van der Waals surface area contributed by atoms with Crippen LogP contribution in [0, 0.1) is 0 Å². The van der Waals surface area contributed by atoms with Crippen LogP contribution in [0.5, 0.6) is 0 Å². The molecule has 154 valence electrons. The average Bonchev–Trinajstić information content (AvgIpc) is 3.49. The topological polar surface area (TPSA) is 88.9 Å². The first-order valence-electron chi connectivity index (χ1n) is 9.86. The lowest BCUT2D eigenvalue weighted by molar-refractivity contribution is -0.114. The van der Waals surface area contributed by atoms with Crippen molar-refractivity contribution in [2.24, 2.45) is 0 Å². The van der Waals surface area contributed by atoms with E-state index in [9.17, 15) is 9.59 Å². The van der Waals surface area contributed by atoms with Crippen LogP contribution in [-0.2, 0) is 16.1 Å². The summed E-state index contributed by atoms with van der Waals surface area (Å²) in [5, 5.41) is 15.1. The van der Waals surface area contributed by atoms with Crippen molar-refractivity contribution in [1.29, 1.82) is 0 Å². The molecule has 1 aliphatic carbocycles. The molecule has 2 amide bonds. The summed E-state index contributed by atoms with van der Waals surface area (Å²) in [6.45, 7) is 2.14. The van der Waals surface area contributed by atoms with Crippen LogP contribution in [0.25, 0.3) is 0 Å². The summed E-state index contributed by atoms with van der Waals surface area (Å²) >= 11 is 1.38. The quantitative estimate of drug-likeness (QED) is 0.539. The second kappa shape index (κ2) is 9.13. The zero-order chi connectivity index (χ0) is 20.9. The molecule has 1 aromatic heterocycles. The third-order valence-corrected chi connectivity index (χ3v) is 5.64. The van der Waals surface area contributed by atoms with Gasteiger partial charge in [-0.15, -0.1) is 10.2 Å². The van der Waals surface area contributed by atoms with Gasteiger partial charge in [-0.1, -0.05) is 48.2 Å². The van der Waals surface area contributed by atoms with Crippen LogP contribution in [0.15, 0.2) is 59.8 Å². The maximum atomic E-state index is 12.5. The predicted octanol–water partition coefficient (Wildman–Crippen LogP) is 3.89. The molecule has 8 heteroatoms. The van der Waals surface area contributed by atoms with Gasteiger partial charge in [0.15, 0.2) is 5.16 Å². The number of carbonyl (C=O) groups is 2.